The first-order chi connectivity index (χ1) is 8.92. The van der Waals surface area contributed by atoms with Gasteiger partial charge in [-0.15, -0.1) is 0 Å². The van der Waals surface area contributed by atoms with E-state index in [1.807, 2.05) is 12.1 Å². The molecule has 0 amide bonds. The summed E-state index contributed by atoms with van der Waals surface area (Å²) in [6, 6.07) is 5.00. The molecule has 2 aromatic rings. The first-order valence-electron chi connectivity index (χ1n) is 6.59. The molecule has 2 N–H and O–H groups in total. The summed E-state index contributed by atoms with van der Waals surface area (Å²) in [4.78, 5) is 11.6. The van der Waals surface area contributed by atoms with Gasteiger partial charge in [-0.25, -0.2) is 4.98 Å². The first kappa shape index (κ1) is 11.5. The van der Waals surface area contributed by atoms with Crippen LogP contribution in [-0.4, -0.2) is 34.1 Å². The van der Waals surface area contributed by atoms with Crippen LogP contribution >= 0.6 is 0 Å². The number of nitrogens with zero attached hydrogens (tertiary/aromatic N) is 2. The van der Waals surface area contributed by atoms with Crippen LogP contribution in [0.25, 0.3) is 11.2 Å². The molecule has 0 spiro atoms. The predicted octanol–water partition coefficient (Wildman–Crippen LogP) is 1.87. The molecule has 1 aliphatic rings. The summed E-state index contributed by atoms with van der Waals surface area (Å²) in [5, 5.41) is 3.51. The van der Waals surface area contributed by atoms with Crippen LogP contribution in [-0.2, 0) is 0 Å². The Balaban J connectivity index is 1.53. The molecule has 5 heteroatoms. The minimum atomic E-state index is 0.569. The fourth-order valence-corrected chi connectivity index (χ4v) is 2.36. The number of rotatable bonds is 4. The molecule has 1 aliphatic heterocycles. The second-order valence-corrected chi connectivity index (χ2v) is 4.70. The normalized spacial score (nSPS) is 20.1. The molecule has 0 unspecified atom stereocenters. The zero-order chi connectivity index (χ0) is 12.2. The zero-order valence-corrected chi connectivity index (χ0v) is 10.4. The molecule has 18 heavy (non-hydrogen) atoms. The summed E-state index contributed by atoms with van der Waals surface area (Å²) in [7, 11) is 0. The summed E-state index contributed by atoms with van der Waals surface area (Å²) in [5.74, 6) is 0. The topological polar surface area (TPSA) is 62.8 Å². The van der Waals surface area contributed by atoms with E-state index in [0.29, 0.717) is 24.3 Å². The number of H-pyrrole nitrogens is 1. The lowest BCUT2D eigenvalue weighted by Crippen LogP contribution is -2.35. The summed E-state index contributed by atoms with van der Waals surface area (Å²) in [5.41, 5.74) is 1.63. The van der Waals surface area contributed by atoms with Crippen molar-refractivity contribution < 1.29 is 4.74 Å². The number of piperidine rings is 1. The third-order valence-corrected chi connectivity index (χ3v) is 3.35. The van der Waals surface area contributed by atoms with Crippen LogP contribution in [0.5, 0.6) is 6.01 Å². The molecule has 3 heterocycles. The molecule has 1 saturated heterocycles. The van der Waals surface area contributed by atoms with Crippen molar-refractivity contribution >= 4 is 11.2 Å². The summed E-state index contributed by atoms with van der Waals surface area (Å²) >= 11 is 0. The third kappa shape index (κ3) is 2.61. The van der Waals surface area contributed by atoms with Crippen LogP contribution in [0.4, 0.5) is 0 Å². The molecule has 0 saturated carbocycles. The van der Waals surface area contributed by atoms with Crippen molar-refractivity contribution in [1.29, 1.82) is 0 Å². The number of pyridine rings is 1. The SMILES string of the molecule is c1cnc2nc(OCC[C@H]3CCCCN3)[nH]c2c1. The molecule has 3 rings (SSSR count). The molecule has 0 aliphatic carbocycles. The molecule has 2 aromatic heterocycles. The number of aromatic nitrogens is 3. The van der Waals surface area contributed by atoms with Crippen molar-refractivity contribution in [3.8, 4) is 6.01 Å². The van der Waals surface area contributed by atoms with Crippen molar-refractivity contribution in [3.05, 3.63) is 18.3 Å². The van der Waals surface area contributed by atoms with E-state index in [9.17, 15) is 0 Å². The van der Waals surface area contributed by atoms with Crippen molar-refractivity contribution in [3.63, 3.8) is 0 Å². The van der Waals surface area contributed by atoms with E-state index in [4.69, 9.17) is 4.74 Å². The highest BCUT2D eigenvalue weighted by Gasteiger charge is 2.12. The van der Waals surface area contributed by atoms with Crippen molar-refractivity contribution in [2.75, 3.05) is 13.2 Å². The lowest BCUT2D eigenvalue weighted by Gasteiger charge is -2.22. The molecule has 0 bridgehead atoms. The lowest BCUT2D eigenvalue weighted by atomic mass is 10.0. The van der Waals surface area contributed by atoms with Crippen molar-refractivity contribution in [1.82, 2.24) is 20.3 Å². The number of nitrogens with one attached hydrogen (secondary N) is 2. The Morgan fingerprint density at radius 3 is 3.22 bits per heavy atom. The fraction of sp³-hybridized carbons (Fsp3) is 0.538. The molecule has 1 atom stereocenters. The highest BCUT2D eigenvalue weighted by Crippen LogP contribution is 2.14. The number of hydrogen-bond donors (Lipinski definition) is 2. The number of imidazole rings is 1. The largest absolute Gasteiger partial charge is 0.465 e. The monoisotopic (exact) mass is 246 g/mol. The molecular formula is C13H18N4O. The van der Waals surface area contributed by atoms with E-state index in [0.717, 1.165) is 18.5 Å². The highest BCUT2D eigenvalue weighted by atomic mass is 16.5. The minimum Gasteiger partial charge on any atom is -0.465 e. The summed E-state index contributed by atoms with van der Waals surface area (Å²) in [6.07, 6.45) is 6.65. The highest BCUT2D eigenvalue weighted by molar-refractivity contribution is 5.70. The maximum absolute atomic E-state index is 5.65. The van der Waals surface area contributed by atoms with Gasteiger partial charge in [-0.3, -0.25) is 0 Å². The van der Waals surface area contributed by atoms with Gasteiger partial charge in [0.25, 0.3) is 6.01 Å². The van der Waals surface area contributed by atoms with Crippen molar-refractivity contribution in [2.24, 2.45) is 0 Å². The molecule has 5 nitrogen and oxygen atoms in total. The maximum atomic E-state index is 5.65. The minimum absolute atomic E-state index is 0.569. The lowest BCUT2D eigenvalue weighted by molar-refractivity contribution is 0.254. The van der Waals surface area contributed by atoms with E-state index >= 15 is 0 Å². The summed E-state index contributed by atoms with van der Waals surface area (Å²) < 4.78 is 5.65. The van der Waals surface area contributed by atoms with Gasteiger partial charge in [0, 0.05) is 12.2 Å². The van der Waals surface area contributed by atoms with E-state index in [-0.39, 0.29) is 0 Å². The van der Waals surface area contributed by atoms with E-state index in [1.54, 1.807) is 6.20 Å². The second kappa shape index (κ2) is 5.35. The Morgan fingerprint density at radius 1 is 1.39 bits per heavy atom. The molecule has 0 radical (unpaired) electrons. The van der Waals surface area contributed by atoms with Crippen LogP contribution in [0.3, 0.4) is 0 Å². The Kier molecular flexibility index (Phi) is 3.41. The van der Waals surface area contributed by atoms with Crippen molar-refractivity contribution in [2.45, 2.75) is 31.7 Å². The number of ether oxygens (including phenoxy) is 1. The summed E-state index contributed by atoms with van der Waals surface area (Å²) in [6.45, 7) is 1.83. The van der Waals surface area contributed by atoms with E-state index in [2.05, 4.69) is 20.3 Å². The van der Waals surface area contributed by atoms with Crippen LogP contribution in [0, 0.1) is 0 Å². The van der Waals surface area contributed by atoms with Gasteiger partial charge in [0.2, 0.25) is 0 Å². The average Bonchev–Trinajstić information content (AvgIpc) is 2.82. The van der Waals surface area contributed by atoms with E-state index < -0.39 is 0 Å². The van der Waals surface area contributed by atoms with Gasteiger partial charge in [0.1, 0.15) is 0 Å². The van der Waals surface area contributed by atoms with Crippen LogP contribution in [0.2, 0.25) is 0 Å². The quantitative estimate of drug-likeness (QED) is 0.864. The Labute approximate surface area is 106 Å². The van der Waals surface area contributed by atoms with Gasteiger partial charge in [0.05, 0.1) is 12.1 Å². The molecule has 1 fully saturated rings. The van der Waals surface area contributed by atoms with Crippen LogP contribution < -0.4 is 10.1 Å². The van der Waals surface area contributed by atoms with E-state index in [1.165, 1.54) is 19.3 Å². The Morgan fingerprint density at radius 2 is 2.39 bits per heavy atom. The van der Waals surface area contributed by atoms with Crippen LogP contribution in [0.15, 0.2) is 18.3 Å². The van der Waals surface area contributed by atoms with Gasteiger partial charge in [0.15, 0.2) is 5.65 Å². The van der Waals surface area contributed by atoms with Gasteiger partial charge in [-0.1, -0.05) is 6.42 Å². The maximum Gasteiger partial charge on any atom is 0.296 e. The number of aromatic amines is 1. The standard InChI is InChI=1S/C13H18N4O/c1-2-7-14-10(4-1)6-9-18-13-16-11-5-3-8-15-12(11)17-13/h3,5,8,10,14H,1-2,4,6-7,9H2,(H,15,16,17)/t10-/m1/s1. The second-order valence-electron chi connectivity index (χ2n) is 4.70. The fourth-order valence-electron chi connectivity index (χ4n) is 2.36. The number of fused-ring (bicyclic) bond motifs is 1. The first-order valence-corrected chi connectivity index (χ1v) is 6.59. The predicted molar refractivity (Wildman–Crippen MR) is 69.6 cm³/mol. The Hall–Kier alpha value is -1.62. The van der Waals surface area contributed by atoms with Gasteiger partial charge >= 0.3 is 0 Å². The number of hydrogen-bond acceptors (Lipinski definition) is 4. The third-order valence-electron chi connectivity index (χ3n) is 3.35. The Bertz CT molecular complexity index is 471. The van der Waals surface area contributed by atoms with Gasteiger partial charge < -0.3 is 15.0 Å². The zero-order valence-electron chi connectivity index (χ0n) is 10.4. The molecule has 0 aromatic carbocycles. The van der Waals surface area contributed by atoms with Gasteiger partial charge in [-0.05, 0) is 37.9 Å². The molecule has 96 valence electrons. The molecular weight excluding hydrogens is 228 g/mol. The van der Waals surface area contributed by atoms with Crippen LogP contribution in [0.1, 0.15) is 25.7 Å². The van der Waals surface area contributed by atoms with Gasteiger partial charge in [-0.2, -0.15) is 4.98 Å². The average molecular weight is 246 g/mol. The smallest absolute Gasteiger partial charge is 0.296 e.